The van der Waals surface area contributed by atoms with Gasteiger partial charge in [-0.3, -0.25) is 4.79 Å². The summed E-state index contributed by atoms with van der Waals surface area (Å²) in [6, 6.07) is 10.0. The van der Waals surface area contributed by atoms with E-state index in [1.54, 1.807) is 0 Å². The first-order valence-corrected chi connectivity index (χ1v) is 7.47. The standard InChI is InChI=1S/C17H24O4/c1-11-12(2)20-13(3)17(21-14(4)18)16(11)19-10-15-8-6-5-7-9-15/h5-9,11-13,16-17H,10H2,1-4H3/t11-,12?,13-,16-,17-/m0/s1. The van der Waals surface area contributed by atoms with Gasteiger partial charge in [0.05, 0.1) is 18.8 Å². The van der Waals surface area contributed by atoms with Gasteiger partial charge in [-0.2, -0.15) is 0 Å². The second kappa shape index (κ2) is 7.05. The van der Waals surface area contributed by atoms with Crippen LogP contribution >= 0.6 is 0 Å². The van der Waals surface area contributed by atoms with Crippen LogP contribution in [0.15, 0.2) is 30.3 Å². The van der Waals surface area contributed by atoms with E-state index < -0.39 is 0 Å². The van der Waals surface area contributed by atoms with Crippen LogP contribution in [0.5, 0.6) is 0 Å². The van der Waals surface area contributed by atoms with Crippen molar-refractivity contribution >= 4 is 5.97 Å². The normalized spacial score (nSPS) is 32.7. The molecule has 0 saturated carbocycles. The van der Waals surface area contributed by atoms with Gasteiger partial charge < -0.3 is 14.2 Å². The Kier molecular flexibility index (Phi) is 5.37. The van der Waals surface area contributed by atoms with Crippen molar-refractivity contribution in [1.29, 1.82) is 0 Å². The Morgan fingerprint density at radius 1 is 1.10 bits per heavy atom. The van der Waals surface area contributed by atoms with Gasteiger partial charge in [-0.05, 0) is 19.4 Å². The monoisotopic (exact) mass is 292 g/mol. The number of benzene rings is 1. The topological polar surface area (TPSA) is 44.8 Å². The molecule has 1 fully saturated rings. The van der Waals surface area contributed by atoms with Crippen molar-refractivity contribution in [2.24, 2.45) is 5.92 Å². The molecule has 21 heavy (non-hydrogen) atoms. The molecule has 4 nitrogen and oxygen atoms in total. The molecule has 1 aliphatic heterocycles. The minimum Gasteiger partial charge on any atom is -0.457 e. The Bertz CT molecular complexity index is 459. The summed E-state index contributed by atoms with van der Waals surface area (Å²) in [7, 11) is 0. The molecule has 2 rings (SSSR count). The molecule has 0 aliphatic carbocycles. The number of ether oxygens (including phenoxy) is 3. The first-order chi connectivity index (χ1) is 9.99. The van der Waals surface area contributed by atoms with Crippen molar-refractivity contribution in [2.75, 3.05) is 0 Å². The van der Waals surface area contributed by atoms with E-state index in [0.717, 1.165) is 5.56 Å². The zero-order chi connectivity index (χ0) is 15.4. The fourth-order valence-corrected chi connectivity index (χ4v) is 2.74. The number of hydrogen-bond donors (Lipinski definition) is 0. The predicted molar refractivity (Wildman–Crippen MR) is 79.7 cm³/mol. The summed E-state index contributed by atoms with van der Waals surface area (Å²) < 4.78 is 17.3. The second-order valence-electron chi connectivity index (χ2n) is 5.74. The van der Waals surface area contributed by atoms with Crippen LogP contribution in [-0.2, 0) is 25.6 Å². The van der Waals surface area contributed by atoms with Crippen LogP contribution in [0, 0.1) is 5.92 Å². The van der Waals surface area contributed by atoms with Gasteiger partial charge in [0.15, 0.2) is 6.10 Å². The first-order valence-electron chi connectivity index (χ1n) is 7.47. The summed E-state index contributed by atoms with van der Waals surface area (Å²) in [4.78, 5) is 11.3. The molecule has 1 aromatic rings. The molecular formula is C17H24O4. The highest BCUT2D eigenvalue weighted by Crippen LogP contribution is 2.30. The van der Waals surface area contributed by atoms with Crippen LogP contribution < -0.4 is 0 Å². The molecule has 0 bridgehead atoms. The molecule has 4 heteroatoms. The molecule has 1 aromatic carbocycles. The van der Waals surface area contributed by atoms with E-state index >= 15 is 0 Å². The maximum absolute atomic E-state index is 11.3. The highest BCUT2D eigenvalue weighted by Gasteiger charge is 2.42. The summed E-state index contributed by atoms with van der Waals surface area (Å²) in [6.45, 7) is 7.96. The average molecular weight is 292 g/mol. The smallest absolute Gasteiger partial charge is 0.303 e. The molecule has 1 saturated heterocycles. The molecule has 0 aromatic heterocycles. The molecule has 5 atom stereocenters. The second-order valence-corrected chi connectivity index (χ2v) is 5.74. The number of carbonyl (C=O) groups excluding carboxylic acids is 1. The lowest BCUT2D eigenvalue weighted by Crippen LogP contribution is -2.54. The fourth-order valence-electron chi connectivity index (χ4n) is 2.74. The number of rotatable bonds is 4. The van der Waals surface area contributed by atoms with E-state index in [-0.39, 0.29) is 36.3 Å². The van der Waals surface area contributed by atoms with E-state index in [1.807, 2.05) is 44.2 Å². The van der Waals surface area contributed by atoms with Crippen LogP contribution in [0.2, 0.25) is 0 Å². The molecule has 1 unspecified atom stereocenters. The van der Waals surface area contributed by atoms with Crippen LogP contribution in [-0.4, -0.2) is 30.4 Å². The average Bonchev–Trinajstić information content (AvgIpc) is 2.45. The van der Waals surface area contributed by atoms with E-state index in [0.29, 0.717) is 6.61 Å². The number of carbonyl (C=O) groups is 1. The molecule has 0 N–H and O–H groups in total. The Morgan fingerprint density at radius 3 is 2.38 bits per heavy atom. The summed E-state index contributed by atoms with van der Waals surface area (Å²) in [5.74, 6) is -0.139. The lowest BCUT2D eigenvalue weighted by atomic mass is 9.89. The number of hydrogen-bond acceptors (Lipinski definition) is 4. The highest BCUT2D eigenvalue weighted by atomic mass is 16.6. The summed E-state index contributed by atoms with van der Waals surface area (Å²) in [5, 5.41) is 0. The largest absolute Gasteiger partial charge is 0.457 e. The summed E-state index contributed by atoms with van der Waals surface area (Å²) in [6.07, 6.45) is -0.612. The van der Waals surface area contributed by atoms with Gasteiger partial charge in [0, 0.05) is 12.8 Å². The van der Waals surface area contributed by atoms with Gasteiger partial charge in [0.1, 0.15) is 6.10 Å². The van der Waals surface area contributed by atoms with Crippen molar-refractivity contribution in [3.05, 3.63) is 35.9 Å². The first kappa shape index (κ1) is 16.0. The third-order valence-electron chi connectivity index (χ3n) is 4.06. The number of esters is 1. The van der Waals surface area contributed by atoms with Crippen molar-refractivity contribution in [3.63, 3.8) is 0 Å². The van der Waals surface area contributed by atoms with E-state index in [9.17, 15) is 4.79 Å². The maximum atomic E-state index is 11.3. The Balaban J connectivity index is 2.08. The lowest BCUT2D eigenvalue weighted by molar-refractivity contribution is -0.219. The minimum atomic E-state index is -0.364. The SMILES string of the molecule is CC(=O)O[C@@H]1[C@@H](OCc2ccccc2)[C@@H](C)C(C)O[C@H]1C. The van der Waals surface area contributed by atoms with E-state index in [4.69, 9.17) is 14.2 Å². The van der Waals surface area contributed by atoms with Crippen molar-refractivity contribution in [1.82, 2.24) is 0 Å². The van der Waals surface area contributed by atoms with Gasteiger partial charge in [-0.25, -0.2) is 0 Å². The fraction of sp³-hybridized carbons (Fsp3) is 0.588. The predicted octanol–water partition coefficient (Wildman–Crippen LogP) is 2.95. The van der Waals surface area contributed by atoms with Crippen molar-refractivity contribution in [2.45, 2.75) is 58.7 Å². The Labute approximate surface area is 126 Å². The van der Waals surface area contributed by atoms with Gasteiger partial charge in [-0.1, -0.05) is 37.3 Å². The van der Waals surface area contributed by atoms with Gasteiger partial charge >= 0.3 is 5.97 Å². The minimum absolute atomic E-state index is 0.0765. The molecule has 0 radical (unpaired) electrons. The van der Waals surface area contributed by atoms with Crippen LogP contribution in [0.4, 0.5) is 0 Å². The van der Waals surface area contributed by atoms with E-state index in [2.05, 4.69) is 6.92 Å². The van der Waals surface area contributed by atoms with Crippen LogP contribution in [0.25, 0.3) is 0 Å². The Hall–Kier alpha value is -1.39. The van der Waals surface area contributed by atoms with Gasteiger partial charge in [-0.15, -0.1) is 0 Å². The quantitative estimate of drug-likeness (QED) is 0.800. The van der Waals surface area contributed by atoms with Gasteiger partial charge in [0.25, 0.3) is 0 Å². The molecule has 1 aliphatic rings. The van der Waals surface area contributed by atoms with Crippen molar-refractivity contribution in [3.8, 4) is 0 Å². The highest BCUT2D eigenvalue weighted by molar-refractivity contribution is 5.66. The lowest BCUT2D eigenvalue weighted by Gasteiger charge is -2.43. The molecule has 0 amide bonds. The van der Waals surface area contributed by atoms with Crippen LogP contribution in [0.1, 0.15) is 33.3 Å². The summed E-state index contributed by atoms with van der Waals surface area (Å²) >= 11 is 0. The van der Waals surface area contributed by atoms with Crippen LogP contribution in [0.3, 0.4) is 0 Å². The molecular weight excluding hydrogens is 268 g/mol. The third kappa shape index (κ3) is 4.05. The zero-order valence-corrected chi connectivity index (χ0v) is 13.1. The zero-order valence-electron chi connectivity index (χ0n) is 13.1. The molecule has 116 valence electrons. The van der Waals surface area contributed by atoms with Crippen molar-refractivity contribution < 1.29 is 19.0 Å². The molecule has 0 spiro atoms. The Morgan fingerprint density at radius 2 is 1.76 bits per heavy atom. The van der Waals surface area contributed by atoms with Gasteiger partial charge in [0.2, 0.25) is 0 Å². The third-order valence-corrected chi connectivity index (χ3v) is 4.06. The maximum Gasteiger partial charge on any atom is 0.303 e. The molecule has 1 heterocycles. The summed E-state index contributed by atoms with van der Waals surface area (Å²) in [5.41, 5.74) is 1.11. The van der Waals surface area contributed by atoms with E-state index in [1.165, 1.54) is 6.92 Å².